The van der Waals surface area contributed by atoms with E-state index >= 15 is 0 Å². The summed E-state index contributed by atoms with van der Waals surface area (Å²) in [6.45, 7) is -0.163. The van der Waals surface area contributed by atoms with E-state index in [-0.39, 0.29) is 12.2 Å². The van der Waals surface area contributed by atoms with Gasteiger partial charge in [-0.25, -0.2) is 5.01 Å². The number of nitro benzene ring substituents is 1. The van der Waals surface area contributed by atoms with Crippen LogP contribution in [0.15, 0.2) is 53.1 Å². The Labute approximate surface area is 177 Å². The highest BCUT2D eigenvalue weighted by atomic mass is 79.9. The second kappa shape index (κ2) is 7.45. The molecule has 2 unspecified atom stereocenters. The van der Waals surface area contributed by atoms with Gasteiger partial charge in [-0.1, -0.05) is 28.1 Å². The lowest BCUT2D eigenvalue weighted by Gasteiger charge is -2.44. The maximum atomic E-state index is 12.5. The molecule has 2 aromatic carbocycles. The van der Waals surface area contributed by atoms with Crippen LogP contribution in [0.4, 0.5) is 5.69 Å². The summed E-state index contributed by atoms with van der Waals surface area (Å²) in [5, 5.41) is 16.0. The van der Waals surface area contributed by atoms with Crippen LogP contribution < -0.4 is 5.43 Å². The van der Waals surface area contributed by atoms with Crippen molar-refractivity contribution in [3.8, 4) is 0 Å². The molecule has 0 bridgehead atoms. The van der Waals surface area contributed by atoms with E-state index in [4.69, 9.17) is 11.6 Å². The Morgan fingerprint density at radius 2 is 2.10 bits per heavy atom. The largest absolute Gasteiger partial charge is 0.271 e. The van der Waals surface area contributed by atoms with Gasteiger partial charge in [0.05, 0.1) is 16.6 Å². The highest BCUT2D eigenvalue weighted by Gasteiger charge is 2.48. The average molecular weight is 479 g/mol. The van der Waals surface area contributed by atoms with Gasteiger partial charge in [-0.15, -0.1) is 11.6 Å². The summed E-state index contributed by atoms with van der Waals surface area (Å²) < 4.78 is 2.24. The number of fused-ring (bicyclic) bond motifs is 1. The van der Waals surface area contributed by atoms with Crippen LogP contribution in [0.2, 0.25) is 0 Å². The van der Waals surface area contributed by atoms with Gasteiger partial charge in [0.1, 0.15) is 18.0 Å². The molecule has 1 saturated heterocycles. The lowest BCUT2D eigenvalue weighted by atomic mass is 9.95. The van der Waals surface area contributed by atoms with Crippen LogP contribution in [0.3, 0.4) is 0 Å². The summed E-state index contributed by atoms with van der Waals surface area (Å²) in [4.78, 5) is 35.0. The number of rotatable bonds is 5. The molecular formula is C18H13BrClN5O4. The number of non-ortho nitro benzene ring substituents is 1. The quantitative estimate of drug-likeness (QED) is 0.262. The van der Waals surface area contributed by atoms with Crippen molar-refractivity contribution >= 4 is 55.9 Å². The molecule has 1 N–H and O–H groups in total. The SMILES string of the molecule is O=C(Cn1ncc2cc([N+](=O)[O-])ccc21)NN1C(=O)C(Cl)C1c1cccc(Br)c1. The number of amides is 2. The molecule has 9 nitrogen and oxygen atoms in total. The Morgan fingerprint density at radius 1 is 1.31 bits per heavy atom. The molecule has 1 aliphatic heterocycles. The minimum atomic E-state index is -0.768. The zero-order chi connectivity index (χ0) is 20.7. The Bertz CT molecular complexity index is 1150. The average Bonchev–Trinajstić information content (AvgIpc) is 3.09. The van der Waals surface area contributed by atoms with Crippen LogP contribution in [-0.4, -0.2) is 36.9 Å². The monoisotopic (exact) mass is 477 g/mol. The lowest BCUT2D eigenvalue weighted by Crippen LogP contribution is -2.63. The van der Waals surface area contributed by atoms with Crippen molar-refractivity contribution in [1.29, 1.82) is 0 Å². The Balaban J connectivity index is 1.50. The number of β-lactam (4-membered cyclic amide) rings is 1. The van der Waals surface area contributed by atoms with Gasteiger partial charge < -0.3 is 0 Å². The molecule has 0 aliphatic carbocycles. The molecule has 3 aromatic rings. The number of hydrazine groups is 1. The molecular weight excluding hydrogens is 466 g/mol. The first-order chi connectivity index (χ1) is 13.8. The molecule has 1 aliphatic rings. The van der Waals surface area contributed by atoms with Crippen molar-refractivity contribution < 1.29 is 14.5 Å². The van der Waals surface area contributed by atoms with Crippen LogP contribution in [-0.2, 0) is 16.1 Å². The molecule has 4 rings (SSSR count). The first kappa shape index (κ1) is 19.3. The molecule has 148 valence electrons. The Hall–Kier alpha value is -2.98. The van der Waals surface area contributed by atoms with Gasteiger partial charge in [-0.3, -0.25) is 29.8 Å². The maximum absolute atomic E-state index is 12.5. The van der Waals surface area contributed by atoms with Crippen LogP contribution in [0, 0.1) is 10.1 Å². The standard InChI is InChI=1S/C18H13BrClN5O4/c19-12-3-1-2-10(6-12)17-16(20)18(27)24(17)22-15(26)9-23-14-5-4-13(25(28)29)7-11(14)8-21-23/h1-8,16-17H,9H2,(H,22,26). The summed E-state index contributed by atoms with van der Waals surface area (Å²) in [5.41, 5.74) is 3.87. The van der Waals surface area contributed by atoms with Crippen molar-refractivity contribution in [2.45, 2.75) is 18.0 Å². The van der Waals surface area contributed by atoms with Crippen molar-refractivity contribution in [2.75, 3.05) is 0 Å². The zero-order valence-electron chi connectivity index (χ0n) is 14.7. The van der Waals surface area contributed by atoms with Gasteiger partial charge >= 0.3 is 0 Å². The van der Waals surface area contributed by atoms with Crippen LogP contribution in [0.25, 0.3) is 10.9 Å². The Kier molecular flexibility index (Phi) is 4.97. The molecule has 1 fully saturated rings. The number of carbonyl (C=O) groups is 2. The fourth-order valence-electron chi connectivity index (χ4n) is 3.21. The van der Waals surface area contributed by atoms with Crippen molar-refractivity contribution in [2.24, 2.45) is 0 Å². The number of halogens is 2. The molecule has 1 aromatic heterocycles. The van der Waals surface area contributed by atoms with Gasteiger partial charge in [0.25, 0.3) is 17.5 Å². The fraction of sp³-hybridized carbons (Fsp3) is 0.167. The summed E-state index contributed by atoms with van der Waals surface area (Å²) in [7, 11) is 0. The molecule has 29 heavy (non-hydrogen) atoms. The third-order valence-electron chi connectivity index (χ3n) is 4.59. The predicted octanol–water partition coefficient (Wildman–Crippen LogP) is 2.93. The van der Waals surface area contributed by atoms with Gasteiger partial charge in [-0.2, -0.15) is 5.10 Å². The number of nitrogens with one attached hydrogen (secondary N) is 1. The molecule has 0 radical (unpaired) electrons. The van der Waals surface area contributed by atoms with Crippen molar-refractivity contribution in [3.63, 3.8) is 0 Å². The van der Waals surface area contributed by atoms with Crippen LogP contribution in [0.5, 0.6) is 0 Å². The third kappa shape index (κ3) is 3.56. The summed E-state index contributed by atoms with van der Waals surface area (Å²) in [6, 6.07) is 11.1. The van der Waals surface area contributed by atoms with E-state index in [0.717, 1.165) is 10.0 Å². The van der Waals surface area contributed by atoms with E-state index in [1.165, 1.54) is 34.1 Å². The number of hydrogen-bond acceptors (Lipinski definition) is 5. The second-order valence-electron chi connectivity index (χ2n) is 6.45. The minimum absolute atomic E-state index is 0.0577. The van der Waals surface area contributed by atoms with Crippen LogP contribution in [0.1, 0.15) is 11.6 Å². The van der Waals surface area contributed by atoms with Crippen molar-refractivity contribution in [3.05, 3.63) is 68.8 Å². The van der Waals surface area contributed by atoms with E-state index < -0.39 is 28.2 Å². The molecule has 0 spiro atoms. The number of hydrogen-bond donors (Lipinski definition) is 1. The van der Waals surface area contributed by atoms with E-state index in [1.54, 1.807) is 0 Å². The van der Waals surface area contributed by atoms with E-state index in [0.29, 0.717) is 10.9 Å². The van der Waals surface area contributed by atoms with E-state index in [9.17, 15) is 19.7 Å². The van der Waals surface area contributed by atoms with Gasteiger partial charge in [0, 0.05) is 22.0 Å². The number of carbonyl (C=O) groups excluding carboxylic acids is 2. The predicted molar refractivity (Wildman–Crippen MR) is 108 cm³/mol. The summed E-state index contributed by atoms with van der Waals surface area (Å²) >= 11 is 9.54. The van der Waals surface area contributed by atoms with E-state index in [1.807, 2.05) is 24.3 Å². The Morgan fingerprint density at radius 3 is 2.83 bits per heavy atom. The minimum Gasteiger partial charge on any atom is -0.271 e. The third-order valence-corrected chi connectivity index (χ3v) is 5.51. The normalized spacial score (nSPS) is 18.6. The molecule has 0 saturated carbocycles. The fourth-order valence-corrected chi connectivity index (χ4v) is 3.99. The molecule has 11 heteroatoms. The smallest absolute Gasteiger partial charge is 0.270 e. The van der Waals surface area contributed by atoms with Crippen molar-refractivity contribution in [1.82, 2.24) is 20.2 Å². The number of nitro groups is 1. The zero-order valence-corrected chi connectivity index (χ0v) is 17.0. The molecule has 2 amide bonds. The van der Waals surface area contributed by atoms with Gasteiger partial charge in [0.2, 0.25) is 0 Å². The van der Waals surface area contributed by atoms with Gasteiger partial charge in [0.15, 0.2) is 0 Å². The first-order valence-electron chi connectivity index (χ1n) is 8.47. The first-order valence-corrected chi connectivity index (χ1v) is 9.70. The lowest BCUT2D eigenvalue weighted by molar-refractivity contribution is -0.384. The second-order valence-corrected chi connectivity index (χ2v) is 7.83. The number of alkyl halides is 1. The number of benzene rings is 2. The van der Waals surface area contributed by atoms with E-state index in [2.05, 4.69) is 26.5 Å². The maximum Gasteiger partial charge on any atom is 0.270 e. The van der Waals surface area contributed by atoms with Gasteiger partial charge in [-0.05, 0) is 23.8 Å². The highest BCUT2D eigenvalue weighted by molar-refractivity contribution is 9.10. The number of nitrogens with zero attached hydrogens (tertiary/aromatic N) is 4. The topological polar surface area (TPSA) is 110 Å². The summed E-state index contributed by atoms with van der Waals surface area (Å²) in [6.07, 6.45) is 1.45. The molecule has 2 heterocycles. The summed E-state index contributed by atoms with van der Waals surface area (Å²) in [5.74, 6) is -0.865. The number of aromatic nitrogens is 2. The highest BCUT2D eigenvalue weighted by Crippen LogP contribution is 2.37. The molecule has 2 atom stereocenters. The van der Waals surface area contributed by atoms with Crippen LogP contribution >= 0.6 is 27.5 Å².